The van der Waals surface area contributed by atoms with Crippen molar-refractivity contribution in [3.63, 3.8) is 0 Å². The fourth-order valence-corrected chi connectivity index (χ4v) is 3.03. The summed E-state index contributed by atoms with van der Waals surface area (Å²) in [5.41, 5.74) is 2.89. The number of carbonyl (C=O) groups is 1. The first-order chi connectivity index (χ1) is 14.1. The molecule has 0 saturated carbocycles. The van der Waals surface area contributed by atoms with Crippen molar-refractivity contribution < 1.29 is 9.53 Å². The molecular weight excluding hydrogens is 434 g/mol. The van der Waals surface area contributed by atoms with Crippen molar-refractivity contribution in [3.8, 4) is 11.5 Å². The molecule has 0 aliphatic rings. The molecule has 2 heterocycles. The predicted molar refractivity (Wildman–Crippen MR) is 116 cm³/mol. The van der Waals surface area contributed by atoms with Gasteiger partial charge in [0.1, 0.15) is 17.2 Å². The summed E-state index contributed by atoms with van der Waals surface area (Å²) in [5, 5.41) is 5.96. The molecule has 0 fully saturated rings. The zero-order valence-electron chi connectivity index (χ0n) is 15.6. The average molecular weight is 452 g/mol. The van der Waals surface area contributed by atoms with Crippen molar-refractivity contribution in [2.75, 3.05) is 11.9 Å². The molecule has 0 aliphatic heterocycles. The maximum absolute atomic E-state index is 11.9. The Kier molecular flexibility index (Phi) is 5.44. The summed E-state index contributed by atoms with van der Waals surface area (Å²) in [5.74, 6) is 1.57. The Bertz CT molecular complexity index is 1160. The molecule has 2 aromatic heterocycles. The van der Waals surface area contributed by atoms with Crippen LogP contribution in [0.4, 0.5) is 11.6 Å². The lowest BCUT2D eigenvalue weighted by molar-refractivity contribution is 0.0950. The van der Waals surface area contributed by atoms with Crippen LogP contribution < -0.4 is 15.4 Å². The van der Waals surface area contributed by atoms with Gasteiger partial charge in [-0.05, 0) is 49.4 Å². The second-order valence-corrected chi connectivity index (χ2v) is 7.15. The number of pyridine rings is 1. The molecule has 0 saturated heterocycles. The van der Waals surface area contributed by atoms with E-state index in [-0.39, 0.29) is 5.91 Å². The molecule has 1 amide bonds. The molecule has 7 nitrogen and oxygen atoms in total. The van der Waals surface area contributed by atoms with E-state index < -0.39 is 0 Å². The molecule has 0 atom stereocenters. The van der Waals surface area contributed by atoms with Crippen molar-refractivity contribution in [2.24, 2.45) is 0 Å². The second kappa shape index (κ2) is 8.32. The fraction of sp³-hybridized carbons (Fsp3) is 0.0952. The Labute approximate surface area is 175 Å². The highest BCUT2D eigenvalue weighted by Gasteiger charge is 2.09. The maximum atomic E-state index is 11.9. The van der Waals surface area contributed by atoms with Gasteiger partial charge in [0.25, 0.3) is 5.91 Å². The number of rotatable bonds is 6. The zero-order valence-corrected chi connectivity index (χ0v) is 17.2. The molecule has 4 rings (SSSR count). The van der Waals surface area contributed by atoms with Gasteiger partial charge in [-0.3, -0.25) is 9.78 Å². The monoisotopic (exact) mass is 451 g/mol. The largest absolute Gasteiger partial charge is 0.457 e. The maximum Gasteiger partial charge on any atom is 0.270 e. The smallest absolute Gasteiger partial charge is 0.270 e. The first kappa shape index (κ1) is 18.9. The van der Waals surface area contributed by atoms with Gasteiger partial charge in [-0.25, -0.2) is 4.98 Å². The SMILES string of the molecule is CCNC(=O)c1cc(Oc2ccc3nc(Nc4ccc(Br)cc4)[nH]c3c2)ccn1. The van der Waals surface area contributed by atoms with Gasteiger partial charge in [0.2, 0.25) is 5.95 Å². The van der Waals surface area contributed by atoms with Gasteiger partial charge in [0.15, 0.2) is 0 Å². The van der Waals surface area contributed by atoms with E-state index in [1.165, 1.54) is 0 Å². The molecule has 4 aromatic rings. The summed E-state index contributed by atoms with van der Waals surface area (Å²) < 4.78 is 6.92. The van der Waals surface area contributed by atoms with Crippen molar-refractivity contribution in [1.82, 2.24) is 20.3 Å². The van der Waals surface area contributed by atoms with Crippen LogP contribution in [0.15, 0.2) is 65.3 Å². The third-order valence-corrected chi connectivity index (χ3v) is 4.63. The topological polar surface area (TPSA) is 91.9 Å². The number of amides is 1. The van der Waals surface area contributed by atoms with Gasteiger partial charge < -0.3 is 20.4 Å². The van der Waals surface area contributed by atoms with Gasteiger partial charge in [-0.15, -0.1) is 0 Å². The Balaban J connectivity index is 1.52. The van der Waals surface area contributed by atoms with E-state index in [4.69, 9.17) is 4.74 Å². The van der Waals surface area contributed by atoms with Crippen LogP contribution in [0.1, 0.15) is 17.4 Å². The van der Waals surface area contributed by atoms with Crippen LogP contribution in [-0.4, -0.2) is 27.4 Å². The number of aromatic amines is 1. The minimum absolute atomic E-state index is 0.231. The molecule has 0 unspecified atom stereocenters. The standard InChI is InChI=1S/C21H18BrN5O2/c1-2-23-20(28)19-12-16(9-10-24-19)29-15-7-8-17-18(11-15)27-21(26-17)25-14-5-3-13(22)4-6-14/h3-12H,2H2,1H3,(H,23,28)(H2,25,26,27). The summed E-state index contributed by atoms with van der Waals surface area (Å²) in [6, 6.07) is 16.7. The van der Waals surface area contributed by atoms with Crippen LogP contribution in [0.2, 0.25) is 0 Å². The van der Waals surface area contributed by atoms with E-state index >= 15 is 0 Å². The number of anilines is 2. The third-order valence-electron chi connectivity index (χ3n) is 4.10. The Morgan fingerprint density at radius 3 is 2.69 bits per heavy atom. The Morgan fingerprint density at radius 2 is 1.90 bits per heavy atom. The highest BCUT2D eigenvalue weighted by Crippen LogP contribution is 2.26. The van der Waals surface area contributed by atoms with E-state index in [9.17, 15) is 4.79 Å². The third kappa shape index (κ3) is 4.55. The highest BCUT2D eigenvalue weighted by atomic mass is 79.9. The number of nitrogens with zero attached hydrogens (tertiary/aromatic N) is 2. The predicted octanol–water partition coefficient (Wildman–Crippen LogP) is 5.01. The normalized spacial score (nSPS) is 10.7. The Morgan fingerprint density at radius 1 is 1.10 bits per heavy atom. The molecule has 0 bridgehead atoms. The van der Waals surface area contributed by atoms with Crippen LogP contribution >= 0.6 is 15.9 Å². The number of nitrogens with one attached hydrogen (secondary N) is 3. The molecule has 0 spiro atoms. The number of fused-ring (bicyclic) bond motifs is 1. The number of hydrogen-bond acceptors (Lipinski definition) is 5. The molecule has 146 valence electrons. The van der Waals surface area contributed by atoms with E-state index in [1.807, 2.05) is 49.4 Å². The van der Waals surface area contributed by atoms with Gasteiger partial charge in [0, 0.05) is 35.0 Å². The van der Waals surface area contributed by atoms with Crippen LogP contribution in [0, 0.1) is 0 Å². The first-order valence-corrected chi connectivity index (χ1v) is 9.84. The molecule has 8 heteroatoms. The van der Waals surface area contributed by atoms with Crippen LogP contribution in [0.25, 0.3) is 11.0 Å². The van der Waals surface area contributed by atoms with Crippen LogP contribution in [0.5, 0.6) is 11.5 Å². The van der Waals surface area contributed by atoms with Crippen LogP contribution in [0.3, 0.4) is 0 Å². The average Bonchev–Trinajstić information content (AvgIpc) is 3.12. The first-order valence-electron chi connectivity index (χ1n) is 9.05. The summed E-state index contributed by atoms with van der Waals surface area (Å²) in [7, 11) is 0. The summed E-state index contributed by atoms with van der Waals surface area (Å²) in [6.07, 6.45) is 1.55. The lowest BCUT2D eigenvalue weighted by Gasteiger charge is -2.07. The summed E-state index contributed by atoms with van der Waals surface area (Å²) in [4.78, 5) is 23.8. The molecule has 0 radical (unpaired) electrons. The summed E-state index contributed by atoms with van der Waals surface area (Å²) >= 11 is 3.42. The number of imidazole rings is 1. The van der Waals surface area contributed by atoms with Gasteiger partial charge in [0.05, 0.1) is 11.0 Å². The number of benzene rings is 2. The van der Waals surface area contributed by atoms with Crippen molar-refractivity contribution in [3.05, 3.63) is 71.0 Å². The van der Waals surface area contributed by atoms with Gasteiger partial charge in [-0.2, -0.15) is 0 Å². The van der Waals surface area contributed by atoms with Crippen LogP contribution in [-0.2, 0) is 0 Å². The lowest BCUT2D eigenvalue weighted by Crippen LogP contribution is -2.23. The van der Waals surface area contributed by atoms with Crippen molar-refractivity contribution >= 4 is 44.5 Å². The van der Waals surface area contributed by atoms with E-state index in [2.05, 4.69) is 41.5 Å². The second-order valence-electron chi connectivity index (χ2n) is 6.23. The quantitative estimate of drug-likeness (QED) is 0.383. The highest BCUT2D eigenvalue weighted by molar-refractivity contribution is 9.10. The number of H-pyrrole nitrogens is 1. The van der Waals surface area contributed by atoms with Crippen molar-refractivity contribution in [1.29, 1.82) is 0 Å². The number of aromatic nitrogens is 3. The minimum Gasteiger partial charge on any atom is -0.457 e. The number of halogens is 1. The van der Waals surface area contributed by atoms with E-state index in [1.54, 1.807) is 18.3 Å². The zero-order chi connectivity index (χ0) is 20.2. The molecule has 29 heavy (non-hydrogen) atoms. The molecule has 3 N–H and O–H groups in total. The number of ether oxygens (including phenoxy) is 1. The van der Waals surface area contributed by atoms with Crippen molar-refractivity contribution in [2.45, 2.75) is 6.92 Å². The van der Waals surface area contributed by atoms with Gasteiger partial charge in [-0.1, -0.05) is 15.9 Å². The molecule has 0 aliphatic carbocycles. The number of hydrogen-bond donors (Lipinski definition) is 3. The van der Waals surface area contributed by atoms with E-state index in [0.717, 1.165) is 21.2 Å². The molecule has 2 aromatic carbocycles. The van der Waals surface area contributed by atoms with Gasteiger partial charge >= 0.3 is 0 Å². The summed E-state index contributed by atoms with van der Waals surface area (Å²) in [6.45, 7) is 2.40. The fourth-order valence-electron chi connectivity index (χ4n) is 2.77. The molecular formula is C21H18BrN5O2. The number of carbonyl (C=O) groups excluding carboxylic acids is 1. The van der Waals surface area contributed by atoms with E-state index in [0.29, 0.717) is 29.7 Å². The Hall–Kier alpha value is -3.39. The lowest BCUT2D eigenvalue weighted by atomic mass is 10.3. The minimum atomic E-state index is -0.231.